The molecule has 6 nitrogen and oxygen atoms in total. The molecule has 1 aliphatic rings. The Kier molecular flexibility index (Phi) is 4.46. The zero-order valence-electron chi connectivity index (χ0n) is 10.6. The van der Waals surface area contributed by atoms with Crippen molar-refractivity contribution in [3.63, 3.8) is 0 Å². The molecular weight excluding hydrogens is 272 g/mol. The number of nitrogens with one attached hydrogen (secondary N) is 1. The minimum atomic E-state index is -2.74. The van der Waals surface area contributed by atoms with Gasteiger partial charge in [-0.1, -0.05) is 0 Å². The normalized spacial score (nSPS) is 18.1. The first-order valence-corrected chi connectivity index (χ1v) is 6.21. The molecule has 0 radical (unpaired) electrons. The summed E-state index contributed by atoms with van der Waals surface area (Å²) in [6.07, 6.45) is -2.74. The summed E-state index contributed by atoms with van der Waals surface area (Å²) in [6, 6.07) is 1.87. The van der Waals surface area contributed by atoms with Gasteiger partial charge in [0.25, 0.3) is 12.1 Å². The van der Waals surface area contributed by atoms with Gasteiger partial charge in [-0.2, -0.15) is 0 Å². The van der Waals surface area contributed by atoms with Gasteiger partial charge in [-0.15, -0.1) is 0 Å². The van der Waals surface area contributed by atoms with Gasteiger partial charge in [0, 0.05) is 43.9 Å². The van der Waals surface area contributed by atoms with E-state index in [1.54, 1.807) is 0 Å². The van der Waals surface area contributed by atoms with E-state index < -0.39 is 17.4 Å². The summed E-state index contributed by atoms with van der Waals surface area (Å²) in [5.41, 5.74) is -0.408. The first-order chi connectivity index (χ1) is 9.50. The lowest BCUT2D eigenvalue weighted by Gasteiger charge is -2.34. The van der Waals surface area contributed by atoms with Gasteiger partial charge in [-0.3, -0.25) is 15.0 Å². The second-order valence-corrected chi connectivity index (χ2v) is 4.57. The van der Waals surface area contributed by atoms with E-state index in [-0.39, 0.29) is 17.0 Å². The number of hydrogen-bond acceptors (Lipinski definition) is 5. The standard InChI is InChI=1S/C12H15F2N3O3/c13-12(14)11(16-5-3-15-4-6-16)9-7-8(17(19)20)1-2-10(9)18/h1-2,7,11-12,15,18H,3-6H2/t11-/m0/s1. The molecule has 110 valence electrons. The second kappa shape index (κ2) is 6.10. The van der Waals surface area contributed by atoms with E-state index in [1.165, 1.54) is 4.90 Å². The van der Waals surface area contributed by atoms with Crippen molar-refractivity contribution in [1.29, 1.82) is 0 Å². The maximum absolute atomic E-state index is 13.3. The van der Waals surface area contributed by atoms with Crippen molar-refractivity contribution >= 4 is 5.69 Å². The fourth-order valence-corrected chi connectivity index (χ4v) is 2.34. The first kappa shape index (κ1) is 14.6. The molecule has 0 saturated carbocycles. The van der Waals surface area contributed by atoms with Crippen molar-refractivity contribution in [3.8, 4) is 5.75 Å². The number of aromatic hydroxyl groups is 1. The fraction of sp³-hybridized carbons (Fsp3) is 0.500. The molecule has 1 saturated heterocycles. The monoisotopic (exact) mass is 287 g/mol. The molecule has 0 bridgehead atoms. The molecular formula is C12H15F2N3O3. The summed E-state index contributed by atoms with van der Waals surface area (Å²) in [4.78, 5) is 11.6. The predicted octanol–water partition coefficient (Wildman–Crippen LogP) is 1.51. The maximum Gasteiger partial charge on any atom is 0.270 e. The SMILES string of the molecule is O=[N+]([O-])c1ccc(O)c([C@@H](C(F)F)N2CCNCC2)c1. The number of benzene rings is 1. The maximum atomic E-state index is 13.3. The highest BCUT2D eigenvalue weighted by Gasteiger charge is 2.33. The van der Waals surface area contributed by atoms with Crippen LogP contribution in [0.25, 0.3) is 0 Å². The Morgan fingerprint density at radius 2 is 2.00 bits per heavy atom. The number of alkyl halides is 2. The molecule has 1 heterocycles. The Labute approximate surface area is 114 Å². The first-order valence-electron chi connectivity index (χ1n) is 6.21. The number of piperazine rings is 1. The number of nitrogens with zero attached hydrogens (tertiary/aromatic N) is 2. The van der Waals surface area contributed by atoms with Crippen LogP contribution in [-0.4, -0.2) is 47.5 Å². The topological polar surface area (TPSA) is 78.6 Å². The molecule has 1 fully saturated rings. The second-order valence-electron chi connectivity index (χ2n) is 4.57. The van der Waals surface area contributed by atoms with Crippen LogP contribution < -0.4 is 5.32 Å². The van der Waals surface area contributed by atoms with Gasteiger partial charge in [0.05, 0.1) is 4.92 Å². The Hall–Kier alpha value is -1.80. The third kappa shape index (κ3) is 3.02. The molecule has 2 rings (SSSR count). The van der Waals surface area contributed by atoms with E-state index in [1.807, 2.05) is 0 Å². The third-order valence-corrected chi connectivity index (χ3v) is 3.32. The number of nitro groups is 1. The summed E-state index contributed by atoms with van der Waals surface area (Å²) in [5, 5.41) is 23.6. The van der Waals surface area contributed by atoms with Crippen LogP contribution >= 0.6 is 0 Å². The number of hydrogen-bond donors (Lipinski definition) is 2. The van der Waals surface area contributed by atoms with Gasteiger partial charge in [-0.25, -0.2) is 8.78 Å². The zero-order chi connectivity index (χ0) is 14.7. The van der Waals surface area contributed by atoms with Crippen molar-refractivity contribution in [2.24, 2.45) is 0 Å². The number of phenolic OH excluding ortho intramolecular Hbond substituents is 1. The van der Waals surface area contributed by atoms with E-state index in [9.17, 15) is 24.0 Å². The number of non-ortho nitro benzene ring substituents is 1. The molecule has 0 unspecified atom stereocenters. The van der Waals surface area contributed by atoms with Crippen LogP contribution in [0.5, 0.6) is 5.75 Å². The van der Waals surface area contributed by atoms with Gasteiger partial charge in [0.2, 0.25) is 0 Å². The molecule has 1 aliphatic heterocycles. The lowest BCUT2D eigenvalue weighted by molar-refractivity contribution is -0.385. The Balaban J connectivity index is 2.37. The fourth-order valence-electron chi connectivity index (χ4n) is 2.34. The highest BCUT2D eigenvalue weighted by atomic mass is 19.3. The molecule has 1 atom stereocenters. The molecule has 1 aromatic rings. The van der Waals surface area contributed by atoms with Gasteiger partial charge in [0.15, 0.2) is 0 Å². The summed E-state index contributed by atoms with van der Waals surface area (Å²) in [5.74, 6) is -0.348. The van der Waals surface area contributed by atoms with Crippen LogP contribution in [0.1, 0.15) is 11.6 Å². The molecule has 0 spiro atoms. The van der Waals surface area contributed by atoms with Crippen LogP contribution in [0.3, 0.4) is 0 Å². The number of rotatable bonds is 4. The third-order valence-electron chi connectivity index (χ3n) is 3.32. The highest BCUT2D eigenvalue weighted by Crippen LogP contribution is 2.35. The zero-order valence-corrected chi connectivity index (χ0v) is 10.6. The van der Waals surface area contributed by atoms with Crippen LogP contribution in [-0.2, 0) is 0 Å². The summed E-state index contributed by atoms with van der Waals surface area (Å²) >= 11 is 0. The molecule has 20 heavy (non-hydrogen) atoms. The minimum absolute atomic E-state index is 0.101. The lowest BCUT2D eigenvalue weighted by atomic mass is 10.0. The Bertz CT molecular complexity index is 493. The minimum Gasteiger partial charge on any atom is -0.508 e. The van der Waals surface area contributed by atoms with Crippen molar-refractivity contribution in [2.75, 3.05) is 26.2 Å². The quantitative estimate of drug-likeness (QED) is 0.648. The number of halogens is 2. The van der Waals surface area contributed by atoms with Crippen molar-refractivity contribution in [1.82, 2.24) is 10.2 Å². The largest absolute Gasteiger partial charge is 0.508 e. The van der Waals surface area contributed by atoms with E-state index in [0.717, 1.165) is 18.2 Å². The highest BCUT2D eigenvalue weighted by molar-refractivity contribution is 5.45. The van der Waals surface area contributed by atoms with E-state index >= 15 is 0 Å². The van der Waals surface area contributed by atoms with Gasteiger partial charge < -0.3 is 10.4 Å². The summed E-state index contributed by atoms with van der Waals surface area (Å²) in [7, 11) is 0. The summed E-state index contributed by atoms with van der Waals surface area (Å²) < 4.78 is 26.7. The van der Waals surface area contributed by atoms with E-state index in [4.69, 9.17) is 0 Å². The van der Waals surface area contributed by atoms with Crippen LogP contribution in [0.4, 0.5) is 14.5 Å². The molecule has 1 aromatic carbocycles. The van der Waals surface area contributed by atoms with E-state index in [2.05, 4.69) is 5.32 Å². The van der Waals surface area contributed by atoms with Crippen LogP contribution in [0.15, 0.2) is 18.2 Å². The van der Waals surface area contributed by atoms with Gasteiger partial charge >= 0.3 is 0 Å². The molecule has 2 N–H and O–H groups in total. The Morgan fingerprint density at radius 1 is 1.35 bits per heavy atom. The van der Waals surface area contributed by atoms with Crippen molar-refractivity contribution in [3.05, 3.63) is 33.9 Å². The lowest BCUT2D eigenvalue weighted by Crippen LogP contribution is -2.46. The molecule has 8 heteroatoms. The summed E-state index contributed by atoms with van der Waals surface area (Å²) in [6.45, 7) is 1.94. The van der Waals surface area contributed by atoms with Crippen LogP contribution in [0, 0.1) is 10.1 Å². The number of phenols is 1. The molecule has 0 aliphatic carbocycles. The average Bonchev–Trinajstić information content (AvgIpc) is 2.41. The Morgan fingerprint density at radius 3 is 2.55 bits per heavy atom. The van der Waals surface area contributed by atoms with Gasteiger partial charge in [0.1, 0.15) is 11.8 Å². The van der Waals surface area contributed by atoms with Gasteiger partial charge in [-0.05, 0) is 6.07 Å². The smallest absolute Gasteiger partial charge is 0.270 e. The molecule has 0 aromatic heterocycles. The number of nitro benzene ring substituents is 1. The average molecular weight is 287 g/mol. The van der Waals surface area contributed by atoms with Crippen LogP contribution in [0.2, 0.25) is 0 Å². The van der Waals surface area contributed by atoms with Crippen molar-refractivity contribution in [2.45, 2.75) is 12.5 Å². The molecule has 0 amide bonds. The predicted molar refractivity (Wildman–Crippen MR) is 67.9 cm³/mol. The van der Waals surface area contributed by atoms with E-state index in [0.29, 0.717) is 26.2 Å². The van der Waals surface area contributed by atoms with Crippen molar-refractivity contribution < 1.29 is 18.8 Å².